The molecule has 1 aromatic carbocycles. The van der Waals surface area contributed by atoms with Gasteiger partial charge in [-0.05, 0) is 31.0 Å². The van der Waals surface area contributed by atoms with E-state index < -0.39 is 0 Å². The van der Waals surface area contributed by atoms with Crippen molar-refractivity contribution in [3.8, 4) is 0 Å². The molecule has 6 nitrogen and oxygen atoms in total. The summed E-state index contributed by atoms with van der Waals surface area (Å²) < 4.78 is 10.3. The third-order valence-electron chi connectivity index (χ3n) is 4.28. The molecule has 0 atom stereocenters. The SMILES string of the molecule is CCOC(=O)N1CCN(Cc2cc(=O)oc3cc(C)ccc23)CC1. The maximum atomic E-state index is 11.8. The summed E-state index contributed by atoms with van der Waals surface area (Å²) in [6.45, 7) is 7.63. The normalized spacial score (nSPS) is 15.7. The first-order valence-electron chi connectivity index (χ1n) is 8.24. The molecule has 0 aliphatic carbocycles. The number of hydrogen-bond donors (Lipinski definition) is 0. The van der Waals surface area contributed by atoms with E-state index in [4.69, 9.17) is 9.15 Å². The van der Waals surface area contributed by atoms with Crippen molar-refractivity contribution < 1.29 is 13.9 Å². The highest BCUT2D eigenvalue weighted by molar-refractivity contribution is 5.80. The Morgan fingerprint density at radius 1 is 1.21 bits per heavy atom. The number of ether oxygens (including phenoxy) is 1. The Hall–Kier alpha value is -2.34. The van der Waals surface area contributed by atoms with Crippen LogP contribution in [0, 0.1) is 6.92 Å². The zero-order valence-corrected chi connectivity index (χ0v) is 14.1. The molecule has 0 unspecified atom stereocenters. The number of rotatable bonds is 3. The average Bonchev–Trinajstić information content (AvgIpc) is 2.55. The maximum absolute atomic E-state index is 11.8. The van der Waals surface area contributed by atoms with E-state index in [1.807, 2.05) is 32.0 Å². The molecule has 1 saturated heterocycles. The molecule has 0 bridgehead atoms. The molecule has 0 radical (unpaired) electrons. The van der Waals surface area contributed by atoms with Gasteiger partial charge in [-0.2, -0.15) is 0 Å². The first kappa shape index (κ1) is 16.5. The van der Waals surface area contributed by atoms with Crippen LogP contribution in [0.25, 0.3) is 11.0 Å². The van der Waals surface area contributed by atoms with Crippen LogP contribution in [0.1, 0.15) is 18.1 Å². The lowest BCUT2D eigenvalue weighted by Crippen LogP contribution is -2.48. The van der Waals surface area contributed by atoms with E-state index in [2.05, 4.69) is 4.90 Å². The van der Waals surface area contributed by atoms with Crippen molar-refractivity contribution in [2.24, 2.45) is 0 Å². The molecule has 6 heteroatoms. The second-order valence-electron chi connectivity index (χ2n) is 6.05. The number of carbonyl (C=O) groups excluding carboxylic acids is 1. The van der Waals surface area contributed by atoms with Gasteiger partial charge in [0.05, 0.1) is 6.61 Å². The molecule has 2 aromatic rings. The van der Waals surface area contributed by atoms with Gasteiger partial charge in [0.1, 0.15) is 5.58 Å². The maximum Gasteiger partial charge on any atom is 0.409 e. The van der Waals surface area contributed by atoms with Crippen molar-refractivity contribution in [3.63, 3.8) is 0 Å². The number of fused-ring (bicyclic) bond motifs is 1. The highest BCUT2D eigenvalue weighted by Gasteiger charge is 2.22. The summed E-state index contributed by atoms with van der Waals surface area (Å²) in [7, 11) is 0. The van der Waals surface area contributed by atoms with Crippen LogP contribution in [0.2, 0.25) is 0 Å². The molecule has 128 valence electrons. The van der Waals surface area contributed by atoms with Crippen molar-refractivity contribution in [1.29, 1.82) is 0 Å². The topological polar surface area (TPSA) is 63.0 Å². The molecule has 1 aliphatic heterocycles. The molecule has 0 spiro atoms. The Morgan fingerprint density at radius 2 is 1.96 bits per heavy atom. The zero-order chi connectivity index (χ0) is 17.1. The molecule has 1 aliphatic rings. The van der Waals surface area contributed by atoms with Crippen LogP contribution in [-0.4, -0.2) is 48.7 Å². The van der Waals surface area contributed by atoms with Gasteiger partial charge in [-0.15, -0.1) is 0 Å². The van der Waals surface area contributed by atoms with Gasteiger partial charge in [0.2, 0.25) is 0 Å². The van der Waals surface area contributed by atoms with Gasteiger partial charge in [0.25, 0.3) is 0 Å². The van der Waals surface area contributed by atoms with Gasteiger partial charge >= 0.3 is 11.7 Å². The number of piperazine rings is 1. The minimum atomic E-state index is -0.326. The standard InChI is InChI=1S/C18H22N2O4/c1-3-23-18(22)20-8-6-19(7-9-20)12-14-11-17(21)24-16-10-13(2)4-5-15(14)16/h4-5,10-11H,3,6-9,12H2,1-2H3. The highest BCUT2D eigenvalue weighted by atomic mass is 16.6. The highest BCUT2D eigenvalue weighted by Crippen LogP contribution is 2.20. The van der Waals surface area contributed by atoms with Crippen molar-refractivity contribution in [3.05, 3.63) is 45.8 Å². The fraction of sp³-hybridized carbons (Fsp3) is 0.444. The van der Waals surface area contributed by atoms with E-state index >= 15 is 0 Å². The fourth-order valence-corrected chi connectivity index (χ4v) is 3.01. The quantitative estimate of drug-likeness (QED) is 0.809. The van der Waals surface area contributed by atoms with Crippen molar-refractivity contribution in [2.45, 2.75) is 20.4 Å². The molecular formula is C18H22N2O4. The molecule has 0 N–H and O–H groups in total. The number of nitrogens with zero attached hydrogens (tertiary/aromatic N) is 2. The van der Waals surface area contributed by atoms with Gasteiger partial charge in [-0.25, -0.2) is 9.59 Å². The van der Waals surface area contributed by atoms with E-state index in [1.54, 1.807) is 11.0 Å². The van der Waals surface area contributed by atoms with Gasteiger partial charge in [0.15, 0.2) is 0 Å². The summed E-state index contributed by atoms with van der Waals surface area (Å²) in [6, 6.07) is 7.47. The van der Waals surface area contributed by atoms with Gasteiger partial charge in [-0.1, -0.05) is 12.1 Å². The van der Waals surface area contributed by atoms with Gasteiger partial charge in [-0.3, -0.25) is 4.90 Å². The summed E-state index contributed by atoms with van der Waals surface area (Å²) >= 11 is 0. The lowest BCUT2D eigenvalue weighted by atomic mass is 10.1. The smallest absolute Gasteiger partial charge is 0.409 e. The fourth-order valence-electron chi connectivity index (χ4n) is 3.01. The van der Waals surface area contributed by atoms with Crippen molar-refractivity contribution in [1.82, 2.24) is 9.80 Å². The summed E-state index contributed by atoms with van der Waals surface area (Å²) in [5, 5.41) is 0.966. The third kappa shape index (κ3) is 3.59. The lowest BCUT2D eigenvalue weighted by Gasteiger charge is -2.34. The van der Waals surface area contributed by atoms with Crippen LogP contribution in [0.15, 0.2) is 33.5 Å². The predicted molar refractivity (Wildman–Crippen MR) is 91.1 cm³/mol. The lowest BCUT2D eigenvalue weighted by molar-refractivity contribution is 0.0779. The van der Waals surface area contributed by atoms with Crippen LogP contribution in [-0.2, 0) is 11.3 Å². The number of aryl methyl sites for hydroxylation is 1. The first-order valence-corrected chi connectivity index (χ1v) is 8.24. The Bertz CT molecular complexity index is 791. The van der Waals surface area contributed by atoms with Crippen molar-refractivity contribution in [2.75, 3.05) is 32.8 Å². The predicted octanol–water partition coefficient (Wildman–Crippen LogP) is 2.38. The second-order valence-corrected chi connectivity index (χ2v) is 6.05. The monoisotopic (exact) mass is 330 g/mol. The zero-order valence-electron chi connectivity index (χ0n) is 14.1. The van der Waals surface area contributed by atoms with E-state index in [-0.39, 0.29) is 11.7 Å². The van der Waals surface area contributed by atoms with Gasteiger partial charge < -0.3 is 14.1 Å². The molecule has 0 saturated carbocycles. The van der Waals surface area contributed by atoms with E-state index in [0.717, 1.165) is 29.6 Å². The molecule has 1 amide bonds. The van der Waals surface area contributed by atoms with Crippen molar-refractivity contribution >= 4 is 17.1 Å². The Morgan fingerprint density at radius 3 is 2.67 bits per heavy atom. The summed E-state index contributed by atoms with van der Waals surface area (Å²) in [6.07, 6.45) is -0.251. The molecule has 3 rings (SSSR count). The van der Waals surface area contributed by atoms with Gasteiger partial charge in [0, 0.05) is 44.2 Å². The molecule has 1 aromatic heterocycles. The van der Waals surface area contributed by atoms with Crippen LogP contribution in [0.4, 0.5) is 4.79 Å². The number of benzene rings is 1. The largest absolute Gasteiger partial charge is 0.450 e. The van der Waals surface area contributed by atoms with Crippen LogP contribution < -0.4 is 5.63 Å². The summed E-state index contributed by atoms with van der Waals surface area (Å²) in [5.41, 5.74) is 2.33. The number of amides is 1. The number of carbonyl (C=O) groups is 1. The minimum Gasteiger partial charge on any atom is -0.450 e. The van der Waals surface area contributed by atoms with E-state index in [0.29, 0.717) is 31.8 Å². The average molecular weight is 330 g/mol. The third-order valence-corrected chi connectivity index (χ3v) is 4.28. The van der Waals surface area contributed by atoms with Crippen LogP contribution in [0.5, 0.6) is 0 Å². The Labute approximate surface area is 140 Å². The van der Waals surface area contributed by atoms with E-state index in [1.165, 1.54) is 0 Å². The van der Waals surface area contributed by atoms with Crippen LogP contribution >= 0.6 is 0 Å². The molecule has 2 heterocycles. The Balaban J connectivity index is 1.72. The summed E-state index contributed by atoms with van der Waals surface area (Å²) in [4.78, 5) is 27.5. The Kier molecular flexibility index (Phi) is 4.85. The minimum absolute atomic E-state index is 0.251. The van der Waals surface area contributed by atoms with Crippen LogP contribution in [0.3, 0.4) is 0 Å². The van der Waals surface area contributed by atoms with E-state index in [9.17, 15) is 9.59 Å². The summed E-state index contributed by atoms with van der Waals surface area (Å²) in [5.74, 6) is 0. The second kappa shape index (κ2) is 7.05. The molecule has 24 heavy (non-hydrogen) atoms. The number of hydrogen-bond acceptors (Lipinski definition) is 5. The first-order chi connectivity index (χ1) is 11.6. The molecule has 1 fully saturated rings. The molecular weight excluding hydrogens is 308 g/mol.